The summed E-state index contributed by atoms with van der Waals surface area (Å²) in [7, 11) is 1.65. The number of tetrazole rings is 1. The van der Waals surface area contributed by atoms with Gasteiger partial charge in [-0.1, -0.05) is 30.1 Å². The molecule has 0 spiro atoms. The van der Waals surface area contributed by atoms with Crippen LogP contribution in [0.15, 0.2) is 28.8 Å². The molecule has 2 aromatic heterocycles. The van der Waals surface area contributed by atoms with Gasteiger partial charge in [-0.15, -0.1) is 5.10 Å². The van der Waals surface area contributed by atoms with E-state index in [9.17, 15) is 0 Å². The molecule has 2 heterocycles. The molecule has 0 saturated heterocycles. The van der Waals surface area contributed by atoms with Gasteiger partial charge in [-0.3, -0.25) is 0 Å². The van der Waals surface area contributed by atoms with E-state index in [0.717, 1.165) is 37.0 Å². The third-order valence-corrected chi connectivity index (χ3v) is 5.18. The molecule has 1 aromatic carbocycles. The normalized spacial score (nSPS) is 17.1. The summed E-state index contributed by atoms with van der Waals surface area (Å²) >= 11 is 0. The molecule has 0 bridgehead atoms. The Morgan fingerprint density at radius 3 is 2.85 bits per heavy atom. The number of aryl methyl sites for hydroxylation is 1. The zero-order valence-electron chi connectivity index (χ0n) is 15.5. The zero-order chi connectivity index (χ0) is 18.9. The third-order valence-electron chi connectivity index (χ3n) is 5.18. The molecule has 9 nitrogen and oxygen atoms in total. The van der Waals surface area contributed by atoms with E-state index < -0.39 is 5.54 Å². The highest BCUT2D eigenvalue weighted by Crippen LogP contribution is 2.35. The van der Waals surface area contributed by atoms with E-state index in [4.69, 9.17) is 15.0 Å². The van der Waals surface area contributed by atoms with Crippen LogP contribution in [0.25, 0.3) is 0 Å². The van der Waals surface area contributed by atoms with Gasteiger partial charge in [0.2, 0.25) is 0 Å². The van der Waals surface area contributed by atoms with Crippen LogP contribution >= 0.6 is 0 Å². The lowest BCUT2D eigenvalue weighted by Gasteiger charge is -2.18. The molecule has 1 fully saturated rings. The van der Waals surface area contributed by atoms with Crippen molar-refractivity contribution in [3.05, 3.63) is 47.4 Å². The smallest absolute Gasteiger partial charge is 0.252 e. The van der Waals surface area contributed by atoms with Gasteiger partial charge >= 0.3 is 0 Å². The van der Waals surface area contributed by atoms with Crippen LogP contribution in [-0.4, -0.2) is 37.5 Å². The van der Waals surface area contributed by atoms with Crippen molar-refractivity contribution in [1.29, 1.82) is 0 Å². The standard InChI is InChI=1S/C18H23N7O2/c1-12-21-23-24-25(12)15(11-13-6-5-7-14(10-13)26-2)16-20-17(22-27-16)18(19)8-3-4-9-18/h5-7,10,15H,3-4,8-9,11,19H2,1-2H3. The number of hydrogen-bond donors (Lipinski definition) is 1. The van der Waals surface area contributed by atoms with Gasteiger partial charge in [0.05, 0.1) is 12.6 Å². The van der Waals surface area contributed by atoms with Crippen molar-refractivity contribution in [3.8, 4) is 5.75 Å². The maximum atomic E-state index is 6.48. The highest BCUT2D eigenvalue weighted by molar-refractivity contribution is 5.29. The van der Waals surface area contributed by atoms with Crippen molar-refractivity contribution in [2.24, 2.45) is 5.73 Å². The van der Waals surface area contributed by atoms with Crippen LogP contribution in [0, 0.1) is 6.92 Å². The van der Waals surface area contributed by atoms with E-state index in [-0.39, 0.29) is 6.04 Å². The summed E-state index contributed by atoms with van der Waals surface area (Å²) in [6.07, 6.45) is 4.49. The molecule has 1 aliphatic carbocycles. The summed E-state index contributed by atoms with van der Waals surface area (Å²) in [5.74, 6) is 2.49. The summed E-state index contributed by atoms with van der Waals surface area (Å²) in [6.45, 7) is 1.84. The average Bonchev–Trinajstić information content (AvgIpc) is 3.42. The minimum Gasteiger partial charge on any atom is -0.497 e. The first kappa shape index (κ1) is 17.6. The summed E-state index contributed by atoms with van der Waals surface area (Å²) in [5.41, 5.74) is 7.04. The first-order valence-corrected chi connectivity index (χ1v) is 9.09. The second kappa shape index (κ2) is 7.07. The minimum atomic E-state index is -0.502. The number of rotatable bonds is 6. The summed E-state index contributed by atoms with van der Waals surface area (Å²) < 4.78 is 12.7. The summed E-state index contributed by atoms with van der Waals surface area (Å²) in [5, 5.41) is 16.1. The number of benzene rings is 1. The molecular formula is C18H23N7O2. The van der Waals surface area contributed by atoms with Gasteiger partial charge in [0.1, 0.15) is 17.6 Å². The Morgan fingerprint density at radius 1 is 1.33 bits per heavy atom. The molecule has 9 heteroatoms. The van der Waals surface area contributed by atoms with E-state index in [2.05, 4.69) is 25.7 Å². The highest BCUT2D eigenvalue weighted by atomic mass is 16.5. The van der Waals surface area contributed by atoms with Gasteiger partial charge in [0, 0.05) is 6.42 Å². The Morgan fingerprint density at radius 2 is 2.15 bits per heavy atom. The third kappa shape index (κ3) is 3.42. The molecule has 1 unspecified atom stereocenters. The fourth-order valence-corrected chi connectivity index (χ4v) is 3.63. The molecular weight excluding hydrogens is 346 g/mol. The van der Waals surface area contributed by atoms with Gasteiger partial charge < -0.3 is 15.0 Å². The van der Waals surface area contributed by atoms with Gasteiger partial charge in [-0.05, 0) is 47.9 Å². The maximum absolute atomic E-state index is 6.48. The molecule has 1 aliphatic rings. The molecule has 0 aliphatic heterocycles. The number of ether oxygens (including phenoxy) is 1. The number of methoxy groups -OCH3 is 1. The van der Waals surface area contributed by atoms with Crippen LogP contribution in [0.2, 0.25) is 0 Å². The Kier molecular flexibility index (Phi) is 4.61. The number of hydrogen-bond acceptors (Lipinski definition) is 8. The van der Waals surface area contributed by atoms with Crippen molar-refractivity contribution in [1.82, 2.24) is 30.3 Å². The van der Waals surface area contributed by atoms with Crippen LogP contribution in [0.1, 0.15) is 54.8 Å². The second-order valence-electron chi connectivity index (χ2n) is 7.06. The molecule has 142 valence electrons. The van der Waals surface area contributed by atoms with Crippen molar-refractivity contribution in [2.45, 2.75) is 50.6 Å². The zero-order valence-corrected chi connectivity index (χ0v) is 15.5. The molecule has 3 aromatic rings. The van der Waals surface area contributed by atoms with Crippen molar-refractivity contribution >= 4 is 0 Å². The van der Waals surface area contributed by atoms with Crippen molar-refractivity contribution in [3.63, 3.8) is 0 Å². The van der Waals surface area contributed by atoms with Gasteiger partial charge in [-0.2, -0.15) is 4.98 Å². The molecule has 4 rings (SSSR count). The lowest BCUT2D eigenvalue weighted by molar-refractivity contribution is 0.309. The fraction of sp³-hybridized carbons (Fsp3) is 0.500. The number of nitrogens with zero attached hydrogens (tertiary/aromatic N) is 6. The van der Waals surface area contributed by atoms with Gasteiger partial charge in [0.25, 0.3) is 5.89 Å². The lowest BCUT2D eigenvalue weighted by atomic mass is 9.98. The molecule has 0 amide bonds. The second-order valence-corrected chi connectivity index (χ2v) is 7.06. The Hall–Kier alpha value is -2.81. The SMILES string of the molecule is COc1cccc(CC(c2nc(C3(N)CCCC3)no2)n2nnnc2C)c1. The van der Waals surface area contributed by atoms with E-state index in [0.29, 0.717) is 24.0 Å². The van der Waals surface area contributed by atoms with E-state index in [1.165, 1.54) is 0 Å². The fourth-order valence-electron chi connectivity index (χ4n) is 3.63. The van der Waals surface area contributed by atoms with E-state index >= 15 is 0 Å². The molecule has 0 radical (unpaired) electrons. The van der Waals surface area contributed by atoms with Crippen LogP contribution in [-0.2, 0) is 12.0 Å². The number of nitrogens with two attached hydrogens (primary N) is 1. The quantitative estimate of drug-likeness (QED) is 0.700. The first-order valence-electron chi connectivity index (χ1n) is 9.09. The Balaban J connectivity index is 1.68. The average molecular weight is 369 g/mol. The van der Waals surface area contributed by atoms with Crippen LogP contribution < -0.4 is 10.5 Å². The molecule has 1 saturated carbocycles. The van der Waals surface area contributed by atoms with E-state index in [1.54, 1.807) is 11.8 Å². The van der Waals surface area contributed by atoms with Crippen LogP contribution in [0.5, 0.6) is 5.75 Å². The molecule has 27 heavy (non-hydrogen) atoms. The van der Waals surface area contributed by atoms with E-state index in [1.807, 2.05) is 31.2 Å². The minimum absolute atomic E-state index is 0.321. The summed E-state index contributed by atoms with van der Waals surface area (Å²) in [4.78, 5) is 4.65. The largest absolute Gasteiger partial charge is 0.497 e. The molecule has 2 N–H and O–H groups in total. The monoisotopic (exact) mass is 369 g/mol. The van der Waals surface area contributed by atoms with Crippen molar-refractivity contribution < 1.29 is 9.26 Å². The molecule has 1 atom stereocenters. The Bertz CT molecular complexity index is 914. The predicted octanol–water partition coefficient (Wildman–Crippen LogP) is 1.93. The van der Waals surface area contributed by atoms with Gasteiger partial charge in [0.15, 0.2) is 5.82 Å². The van der Waals surface area contributed by atoms with Crippen LogP contribution in [0.4, 0.5) is 0 Å². The van der Waals surface area contributed by atoms with Crippen LogP contribution in [0.3, 0.4) is 0 Å². The lowest BCUT2D eigenvalue weighted by Crippen LogP contribution is -2.34. The highest BCUT2D eigenvalue weighted by Gasteiger charge is 2.37. The maximum Gasteiger partial charge on any atom is 0.252 e. The summed E-state index contributed by atoms with van der Waals surface area (Å²) in [6, 6.07) is 7.53. The van der Waals surface area contributed by atoms with Crippen molar-refractivity contribution in [2.75, 3.05) is 7.11 Å². The topological polar surface area (TPSA) is 118 Å². The Labute approximate surface area is 156 Å². The number of aromatic nitrogens is 6. The predicted molar refractivity (Wildman–Crippen MR) is 96.0 cm³/mol. The first-order chi connectivity index (χ1) is 13.1. The van der Waals surface area contributed by atoms with Gasteiger partial charge in [-0.25, -0.2) is 4.68 Å².